The van der Waals surface area contributed by atoms with Crippen LogP contribution in [0.4, 0.5) is 0 Å². The van der Waals surface area contributed by atoms with Crippen LogP contribution < -0.4 is 5.32 Å². The fourth-order valence-corrected chi connectivity index (χ4v) is 1.75. The Kier molecular flexibility index (Phi) is 4.53. The van der Waals surface area contributed by atoms with Crippen molar-refractivity contribution >= 4 is 11.9 Å². The highest BCUT2D eigenvalue weighted by molar-refractivity contribution is 5.96. The summed E-state index contributed by atoms with van der Waals surface area (Å²) in [7, 11) is 0. The van der Waals surface area contributed by atoms with Crippen LogP contribution in [-0.4, -0.2) is 28.5 Å². The topological polar surface area (TPSA) is 82.2 Å². The molecular formula is C13H20N2O3. The van der Waals surface area contributed by atoms with Crippen LogP contribution in [0.1, 0.15) is 32.9 Å². The summed E-state index contributed by atoms with van der Waals surface area (Å²) < 4.78 is 0. The molecule has 0 radical (unpaired) electrons. The number of aromatic nitrogens is 1. The highest BCUT2D eigenvalue weighted by Gasteiger charge is 2.27. The van der Waals surface area contributed by atoms with Crippen LogP contribution in [0, 0.1) is 5.92 Å². The van der Waals surface area contributed by atoms with E-state index in [4.69, 9.17) is 5.11 Å². The molecule has 0 fully saturated rings. The van der Waals surface area contributed by atoms with Crippen molar-refractivity contribution in [1.82, 2.24) is 10.3 Å². The zero-order valence-corrected chi connectivity index (χ0v) is 11.0. The van der Waals surface area contributed by atoms with Crippen LogP contribution in [0.5, 0.6) is 0 Å². The van der Waals surface area contributed by atoms with Crippen LogP contribution in [0.25, 0.3) is 0 Å². The Morgan fingerprint density at radius 3 is 2.61 bits per heavy atom. The van der Waals surface area contributed by atoms with Gasteiger partial charge in [-0.3, -0.25) is 9.59 Å². The molecule has 100 valence electrons. The Labute approximate surface area is 107 Å². The third-order valence-electron chi connectivity index (χ3n) is 3.05. The second-order valence-corrected chi connectivity index (χ2v) is 4.98. The number of carbonyl (C=O) groups is 2. The molecule has 18 heavy (non-hydrogen) atoms. The average molecular weight is 252 g/mol. The van der Waals surface area contributed by atoms with Crippen molar-refractivity contribution in [2.45, 2.75) is 32.6 Å². The van der Waals surface area contributed by atoms with E-state index in [0.29, 0.717) is 13.0 Å². The van der Waals surface area contributed by atoms with E-state index in [-0.39, 0.29) is 5.41 Å². The van der Waals surface area contributed by atoms with Gasteiger partial charge >= 0.3 is 5.97 Å². The van der Waals surface area contributed by atoms with Gasteiger partial charge in [0.1, 0.15) is 5.92 Å². The van der Waals surface area contributed by atoms with Crippen LogP contribution >= 0.6 is 0 Å². The van der Waals surface area contributed by atoms with Gasteiger partial charge < -0.3 is 15.4 Å². The third kappa shape index (κ3) is 3.35. The molecule has 5 nitrogen and oxygen atoms in total. The molecular weight excluding hydrogens is 232 g/mol. The number of amides is 1. The van der Waals surface area contributed by atoms with Crippen molar-refractivity contribution in [3.05, 3.63) is 24.0 Å². The standard InChI is InChI=1S/C13H20N2O3/c1-4-9(12(17)18)11(16)15-8-13(2,3)10-6-5-7-14-10/h5-7,9,14H,4,8H2,1-3H3,(H,15,16)(H,17,18). The summed E-state index contributed by atoms with van der Waals surface area (Å²) in [4.78, 5) is 25.7. The molecule has 1 unspecified atom stereocenters. The maximum atomic E-state index is 11.7. The van der Waals surface area contributed by atoms with Crippen molar-refractivity contribution < 1.29 is 14.7 Å². The first-order chi connectivity index (χ1) is 8.38. The molecule has 1 amide bonds. The summed E-state index contributed by atoms with van der Waals surface area (Å²) in [5.41, 5.74) is 0.752. The summed E-state index contributed by atoms with van der Waals surface area (Å²) in [6.07, 6.45) is 2.12. The molecule has 3 N–H and O–H groups in total. The fraction of sp³-hybridized carbons (Fsp3) is 0.538. The van der Waals surface area contributed by atoms with Crippen molar-refractivity contribution in [2.75, 3.05) is 6.54 Å². The lowest BCUT2D eigenvalue weighted by atomic mass is 9.89. The SMILES string of the molecule is CCC(C(=O)O)C(=O)NCC(C)(C)c1ccc[nH]1. The molecule has 1 atom stereocenters. The number of hydrogen-bond acceptors (Lipinski definition) is 2. The summed E-state index contributed by atoms with van der Waals surface area (Å²) in [6, 6.07) is 3.84. The molecule has 0 saturated carbocycles. The minimum atomic E-state index is -1.08. The molecule has 1 aromatic rings. The molecule has 1 heterocycles. The summed E-state index contributed by atoms with van der Waals surface area (Å²) in [6.45, 7) is 6.06. The minimum absolute atomic E-state index is 0.254. The number of hydrogen-bond donors (Lipinski definition) is 3. The van der Waals surface area contributed by atoms with E-state index in [0.717, 1.165) is 5.69 Å². The van der Waals surface area contributed by atoms with E-state index in [9.17, 15) is 9.59 Å². The Bertz CT molecular complexity index is 410. The van der Waals surface area contributed by atoms with Gasteiger partial charge in [-0.25, -0.2) is 0 Å². The molecule has 0 bridgehead atoms. The first-order valence-electron chi connectivity index (χ1n) is 6.03. The van der Waals surface area contributed by atoms with Gasteiger partial charge in [0.05, 0.1) is 0 Å². The second kappa shape index (κ2) is 5.71. The Morgan fingerprint density at radius 2 is 2.17 bits per heavy atom. The van der Waals surface area contributed by atoms with E-state index < -0.39 is 17.8 Å². The number of carboxylic acids is 1. The van der Waals surface area contributed by atoms with Gasteiger partial charge in [-0.1, -0.05) is 20.8 Å². The molecule has 5 heteroatoms. The lowest BCUT2D eigenvalue weighted by Gasteiger charge is -2.24. The highest BCUT2D eigenvalue weighted by Crippen LogP contribution is 2.20. The number of carbonyl (C=O) groups excluding carboxylic acids is 1. The van der Waals surface area contributed by atoms with E-state index >= 15 is 0 Å². The van der Waals surface area contributed by atoms with Gasteiger partial charge in [-0.2, -0.15) is 0 Å². The van der Waals surface area contributed by atoms with Crippen LogP contribution in [0.15, 0.2) is 18.3 Å². The molecule has 0 saturated heterocycles. The van der Waals surface area contributed by atoms with E-state index in [1.807, 2.05) is 32.2 Å². The van der Waals surface area contributed by atoms with Crippen molar-refractivity contribution in [3.8, 4) is 0 Å². The maximum Gasteiger partial charge on any atom is 0.316 e. The molecule has 1 rings (SSSR count). The van der Waals surface area contributed by atoms with Crippen LogP contribution in [0.3, 0.4) is 0 Å². The van der Waals surface area contributed by atoms with E-state index in [1.54, 1.807) is 6.92 Å². The summed E-state index contributed by atoms with van der Waals surface area (Å²) in [5.74, 6) is -2.47. The van der Waals surface area contributed by atoms with Gasteiger partial charge in [0, 0.05) is 23.9 Å². The second-order valence-electron chi connectivity index (χ2n) is 4.98. The van der Waals surface area contributed by atoms with Crippen molar-refractivity contribution in [3.63, 3.8) is 0 Å². The zero-order valence-electron chi connectivity index (χ0n) is 11.0. The largest absolute Gasteiger partial charge is 0.481 e. The predicted octanol–water partition coefficient (Wildman–Crippen LogP) is 1.52. The first kappa shape index (κ1) is 14.3. The minimum Gasteiger partial charge on any atom is -0.481 e. The Balaban J connectivity index is 2.60. The van der Waals surface area contributed by atoms with Gasteiger partial charge in [0.15, 0.2) is 0 Å². The zero-order chi connectivity index (χ0) is 13.8. The highest BCUT2D eigenvalue weighted by atomic mass is 16.4. The molecule has 1 aromatic heterocycles. The average Bonchev–Trinajstić information content (AvgIpc) is 2.81. The predicted molar refractivity (Wildman–Crippen MR) is 68.2 cm³/mol. The normalized spacial score (nSPS) is 13.1. The lowest BCUT2D eigenvalue weighted by molar-refractivity contribution is -0.147. The molecule has 0 spiro atoms. The molecule has 0 aliphatic heterocycles. The van der Waals surface area contributed by atoms with Gasteiger partial charge in [0.25, 0.3) is 0 Å². The van der Waals surface area contributed by atoms with Crippen molar-refractivity contribution in [1.29, 1.82) is 0 Å². The monoisotopic (exact) mass is 252 g/mol. The molecule has 0 aliphatic rings. The Morgan fingerprint density at radius 1 is 1.50 bits per heavy atom. The number of rotatable bonds is 6. The summed E-state index contributed by atoms with van der Waals surface area (Å²) >= 11 is 0. The lowest BCUT2D eigenvalue weighted by Crippen LogP contribution is -2.41. The Hall–Kier alpha value is -1.78. The van der Waals surface area contributed by atoms with Gasteiger partial charge in [-0.05, 0) is 18.6 Å². The van der Waals surface area contributed by atoms with Crippen molar-refractivity contribution in [2.24, 2.45) is 5.92 Å². The van der Waals surface area contributed by atoms with Crippen LogP contribution in [0.2, 0.25) is 0 Å². The van der Waals surface area contributed by atoms with E-state index in [1.165, 1.54) is 0 Å². The fourth-order valence-electron chi connectivity index (χ4n) is 1.75. The summed E-state index contributed by atoms with van der Waals surface area (Å²) in [5, 5.41) is 11.6. The molecule has 0 aliphatic carbocycles. The number of carboxylic acid groups (broad SMARTS) is 1. The smallest absolute Gasteiger partial charge is 0.316 e. The molecule has 0 aromatic carbocycles. The van der Waals surface area contributed by atoms with Gasteiger partial charge in [-0.15, -0.1) is 0 Å². The third-order valence-corrected chi connectivity index (χ3v) is 3.05. The van der Waals surface area contributed by atoms with Gasteiger partial charge in [0.2, 0.25) is 5.91 Å². The van der Waals surface area contributed by atoms with E-state index in [2.05, 4.69) is 10.3 Å². The number of aromatic amines is 1. The first-order valence-corrected chi connectivity index (χ1v) is 6.03. The number of nitrogens with one attached hydrogen (secondary N) is 2. The number of H-pyrrole nitrogens is 1. The van der Waals surface area contributed by atoms with Crippen LogP contribution in [-0.2, 0) is 15.0 Å². The quantitative estimate of drug-likeness (QED) is 0.671. The number of aliphatic carboxylic acids is 1. The maximum absolute atomic E-state index is 11.7.